The lowest BCUT2D eigenvalue weighted by Crippen LogP contribution is -2.24. The molecule has 0 saturated carbocycles. The molecule has 0 atom stereocenters. The fraction of sp³-hybridized carbons (Fsp3) is 0. The average molecular weight is 482 g/mol. The number of ketones is 1. The quantitative estimate of drug-likeness (QED) is 0.400. The Kier molecular flexibility index (Phi) is 6.60. The molecule has 6 rings (SSSR count). The first kappa shape index (κ1) is 23.9. The van der Waals surface area contributed by atoms with Crippen molar-refractivity contribution in [2.75, 3.05) is 0 Å². The van der Waals surface area contributed by atoms with Gasteiger partial charge in [-0.3, -0.25) is 4.79 Å². The zero-order valence-electron chi connectivity index (χ0n) is 18.5. The first-order valence-corrected chi connectivity index (χ1v) is 10.6. The number of fused-ring (bicyclic) bond motifs is 4. The standard InChI is InChI=1S/C16H8O8.C12H10/c17-12-9-4-3-7(11(12)14(20)21)6-1-2-8(13(18)19)10(5-6)16(23)24-15(9)22;1-3-7-11(8-4-1)12-9-5-2-6-10-12/h1-5,22H,(H,18,19)(H,20,21);1-10H. The second-order valence-corrected chi connectivity index (χ2v) is 7.66. The lowest BCUT2D eigenvalue weighted by Gasteiger charge is -2.08. The van der Waals surface area contributed by atoms with E-state index in [0.717, 1.165) is 18.2 Å². The molecular formula is C28H18O8. The van der Waals surface area contributed by atoms with Crippen LogP contribution in [0.15, 0.2) is 100 Å². The van der Waals surface area contributed by atoms with Crippen LogP contribution in [0.25, 0.3) is 27.5 Å². The molecule has 0 radical (unpaired) electrons. The summed E-state index contributed by atoms with van der Waals surface area (Å²) in [7, 11) is 0. The van der Waals surface area contributed by atoms with Crippen LogP contribution < -0.4 is 10.8 Å². The van der Waals surface area contributed by atoms with Crippen molar-refractivity contribution in [3.05, 3.63) is 118 Å². The summed E-state index contributed by atoms with van der Waals surface area (Å²) in [6, 6.07) is 26.7. The third-order valence-corrected chi connectivity index (χ3v) is 5.45. The maximum atomic E-state index is 12.3. The van der Waals surface area contributed by atoms with E-state index < -0.39 is 40.4 Å². The normalized spacial score (nSPS) is 11.4. The van der Waals surface area contributed by atoms with E-state index in [1.165, 1.54) is 23.3 Å². The van der Waals surface area contributed by atoms with E-state index in [-0.39, 0.29) is 21.6 Å². The van der Waals surface area contributed by atoms with E-state index in [1.807, 2.05) is 12.1 Å². The van der Waals surface area contributed by atoms with Crippen LogP contribution in [-0.2, 0) is 4.79 Å². The molecule has 4 bridgehead atoms. The van der Waals surface area contributed by atoms with Gasteiger partial charge < -0.3 is 19.7 Å². The van der Waals surface area contributed by atoms with Gasteiger partial charge in [-0.25, -0.2) is 14.4 Å². The zero-order valence-corrected chi connectivity index (χ0v) is 18.5. The van der Waals surface area contributed by atoms with Gasteiger partial charge in [0.2, 0.25) is 5.78 Å². The number of benzene rings is 3. The summed E-state index contributed by atoms with van der Waals surface area (Å²) in [6.07, 6.45) is 0. The van der Waals surface area contributed by atoms with Crippen LogP contribution in [0.4, 0.5) is 0 Å². The molecule has 1 aliphatic heterocycles. The first-order valence-electron chi connectivity index (χ1n) is 10.6. The summed E-state index contributed by atoms with van der Waals surface area (Å²) in [6.45, 7) is 0. The van der Waals surface area contributed by atoms with E-state index in [2.05, 4.69) is 52.9 Å². The zero-order chi connectivity index (χ0) is 25.8. The minimum atomic E-state index is -1.53. The van der Waals surface area contributed by atoms with Gasteiger partial charge in [0.15, 0.2) is 0 Å². The first-order chi connectivity index (χ1) is 17.3. The van der Waals surface area contributed by atoms with Crippen molar-refractivity contribution in [1.29, 1.82) is 0 Å². The predicted molar refractivity (Wildman–Crippen MR) is 131 cm³/mol. The van der Waals surface area contributed by atoms with Crippen molar-refractivity contribution >= 4 is 34.1 Å². The van der Waals surface area contributed by atoms with E-state index >= 15 is 0 Å². The Hall–Kier alpha value is -5.24. The van der Waals surface area contributed by atoms with Crippen molar-refractivity contribution in [2.24, 2.45) is 0 Å². The molecule has 2 heterocycles. The van der Waals surface area contributed by atoms with Crippen molar-refractivity contribution < 1.29 is 34.1 Å². The number of hydrogen-bond acceptors (Lipinski definition) is 6. The van der Waals surface area contributed by atoms with E-state index in [1.54, 1.807) is 0 Å². The lowest BCUT2D eigenvalue weighted by molar-refractivity contribution is -0.130. The maximum absolute atomic E-state index is 12.3. The van der Waals surface area contributed by atoms with Crippen LogP contribution in [0.3, 0.4) is 0 Å². The molecule has 1 aliphatic carbocycles. The summed E-state index contributed by atoms with van der Waals surface area (Å²) >= 11 is 0. The average Bonchev–Trinajstić information content (AvgIpc) is 2.88. The number of carboxylic acid groups (broad SMARTS) is 2. The van der Waals surface area contributed by atoms with Crippen LogP contribution in [0.1, 0.15) is 20.7 Å². The number of aliphatic carboxylic acids is 1. The highest BCUT2D eigenvalue weighted by Crippen LogP contribution is 2.21. The van der Waals surface area contributed by atoms with Gasteiger partial charge in [-0.1, -0.05) is 72.8 Å². The molecule has 36 heavy (non-hydrogen) atoms. The van der Waals surface area contributed by atoms with Crippen molar-refractivity contribution in [1.82, 2.24) is 0 Å². The molecule has 4 aromatic rings. The number of hydrogen-bond donors (Lipinski definition) is 3. The third-order valence-electron chi connectivity index (χ3n) is 5.45. The highest BCUT2D eigenvalue weighted by molar-refractivity contribution is 6.44. The van der Waals surface area contributed by atoms with E-state index in [4.69, 9.17) is 5.11 Å². The maximum Gasteiger partial charge on any atom is 0.346 e. The van der Waals surface area contributed by atoms with Crippen molar-refractivity contribution in [2.45, 2.75) is 0 Å². The minimum absolute atomic E-state index is 0.00283. The summed E-state index contributed by atoms with van der Waals surface area (Å²) in [4.78, 5) is 47.0. The number of aromatic carboxylic acids is 1. The van der Waals surface area contributed by atoms with Crippen molar-refractivity contribution in [3.63, 3.8) is 0 Å². The SMILES string of the molecule is O=C(O)C1=c2ccc(c(O)oc(=O)c3cc2ccc3C(=O)O)C1=O.c1ccc(-c2ccccc2)cc1. The van der Waals surface area contributed by atoms with Crippen LogP contribution >= 0.6 is 0 Å². The summed E-state index contributed by atoms with van der Waals surface area (Å²) in [5.41, 5.74) is -0.134. The van der Waals surface area contributed by atoms with Gasteiger partial charge in [0, 0.05) is 5.22 Å². The number of carbonyl (C=O) groups is 3. The van der Waals surface area contributed by atoms with Crippen LogP contribution in [-0.4, -0.2) is 33.0 Å². The minimum Gasteiger partial charge on any atom is -0.480 e. The molecule has 2 aliphatic rings. The van der Waals surface area contributed by atoms with Gasteiger partial charge >= 0.3 is 17.6 Å². The molecule has 3 N–H and O–H groups in total. The molecule has 178 valence electrons. The molecule has 1 aromatic heterocycles. The molecule has 0 spiro atoms. The van der Waals surface area contributed by atoms with Gasteiger partial charge in [-0.2, -0.15) is 0 Å². The second kappa shape index (κ2) is 9.94. The molecular weight excluding hydrogens is 464 g/mol. The Labute approximate surface area is 203 Å². The molecule has 0 fully saturated rings. The van der Waals surface area contributed by atoms with Gasteiger partial charge in [0.05, 0.1) is 10.9 Å². The smallest absolute Gasteiger partial charge is 0.346 e. The topological polar surface area (TPSA) is 142 Å². The highest BCUT2D eigenvalue weighted by atomic mass is 16.5. The molecule has 8 heteroatoms. The molecule has 0 saturated heterocycles. The van der Waals surface area contributed by atoms with Gasteiger partial charge in [0.1, 0.15) is 11.1 Å². The summed E-state index contributed by atoms with van der Waals surface area (Å²) in [5.74, 6) is -5.04. The van der Waals surface area contributed by atoms with Crippen LogP contribution in [0.5, 0.6) is 5.95 Å². The fourth-order valence-corrected chi connectivity index (χ4v) is 3.73. The van der Waals surface area contributed by atoms with Gasteiger partial charge in [-0.05, 0) is 34.7 Å². The summed E-state index contributed by atoms with van der Waals surface area (Å²) in [5, 5.41) is 28.0. The number of aromatic hydroxyl groups is 1. The molecule has 0 amide bonds. The highest BCUT2D eigenvalue weighted by Gasteiger charge is 2.26. The van der Waals surface area contributed by atoms with Crippen LogP contribution in [0.2, 0.25) is 0 Å². The second-order valence-electron chi connectivity index (χ2n) is 7.66. The predicted octanol–water partition coefficient (Wildman–Crippen LogP) is 3.83. The van der Waals surface area contributed by atoms with Gasteiger partial charge in [0.25, 0.3) is 5.95 Å². The molecule has 8 nitrogen and oxygen atoms in total. The monoisotopic (exact) mass is 482 g/mol. The number of carbonyl (C=O) groups excluding carboxylic acids is 1. The van der Waals surface area contributed by atoms with Crippen molar-refractivity contribution in [3.8, 4) is 17.1 Å². The van der Waals surface area contributed by atoms with Gasteiger partial charge in [-0.15, -0.1) is 0 Å². The Bertz CT molecular complexity index is 1630. The summed E-state index contributed by atoms with van der Waals surface area (Å²) < 4.78 is 4.63. The van der Waals surface area contributed by atoms with E-state index in [9.17, 15) is 29.4 Å². The largest absolute Gasteiger partial charge is 0.480 e. The van der Waals surface area contributed by atoms with E-state index in [0.29, 0.717) is 0 Å². The fourth-order valence-electron chi connectivity index (χ4n) is 3.73. The molecule has 3 aromatic carbocycles. The number of rotatable bonds is 3. The Morgan fingerprint density at radius 1 is 0.694 bits per heavy atom. The Balaban J connectivity index is 0.000000211. The Morgan fingerprint density at radius 3 is 1.81 bits per heavy atom. The number of Topliss-reactive ketones (excluding diaryl/α,β-unsaturated/α-hetero) is 1. The molecule has 0 unspecified atom stereocenters. The Morgan fingerprint density at radius 2 is 1.28 bits per heavy atom. The number of carboxylic acids is 2. The third kappa shape index (κ3) is 4.69. The van der Waals surface area contributed by atoms with Crippen LogP contribution in [0, 0.1) is 0 Å². The lowest BCUT2D eigenvalue weighted by atomic mass is 9.96.